The second-order valence-corrected chi connectivity index (χ2v) is 4.62. The molecule has 0 saturated carbocycles. The first-order chi connectivity index (χ1) is 8.54. The Balaban J connectivity index is 2.39. The van der Waals surface area contributed by atoms with Gasteiger partial charge in [-0.05, 0) is 39.0 Å². The largest absolute Gasteiger partial charge is 0.339 e. The summed E-state index contributed by atoms with van der Waals surface area (Å²) >= 11 is 0. The average Bonchev–Trinajstić information content (AvgIpc) is 2.78. The van der Waals surface area contributed by atoms with Crippen molar-refractivity contribution in [1.29, 1.82) is 0 Å². The fourth-order valence-corrected chi connectivity index (χ4v) is 1.78. The summed E-state index contributed by atoms with van der Waals surface area (Å²) in [6, 6.07) is 5.72. The van der Waals surface area contributed by atoms with Gasteiger partial charge in [0.05, 0.1) is 5.52 Å². The third-order valence-corrected chi connectivity index (χ3v) is 3.16. The molecule has 18 heavy (non-hydrogen) atoms. The number of hydrogen-bond donors (Lipinski definition) is 0. The third kappa shape index (κ3) is 2.08. The van der Waals surface area contributed by atoms with Crippen LogP contribution in [0, 0.1) is 0 Å². The van der Waals surface area contributed by atoms with E-state index in [1.54, 1.807) is 18.0 Å². The molecule has 0 atom stereocenters. The van der Waals surface area contributed by atoms with E-state index in [0.717, 1.165) is 17.6 Å². The number of nitrogens with zero attached hydrogens (tertiary/aromatic N) is 4. The maximum atomic E-state index is 12.2. The zero-order chi connectivity index (χ0) is 13.3. The number of carbonyl (C=O) groups excluding carboxylic acids is 1. The Hall–Kier alpha value is -1.91. The van der Waals surface area contributed by atoms with Gasteiger partial charge in [-0.15, -0.1) is 5.10 Å². The topological polar surface area (TPSA) is 51.0 Å². The summed E-state index contributed by atoms with van der Waals surface area (Å²) in [5.41, 5.74) is 2.38. The lowest BCUT2D eigenvalue weighted by molar-refractivity contribution is 0.0755. The molecule has 0 aliphatic heterocycles. The van der Waals surface area contributed by atoms with Crippen molar-refractivity contribution in [2.45, 2.75) is 33.4 Å². The van der Waals surface area contributed by atoms with Crippen LogP contribution in [0.15, 0.2) is 18.2 Å². The van der Waals surface area contributed by atoms with Gasteiger partial charge < -0.3 is 4.90 Å². The molecule has 96 valence electrons. The summed E-state index contributed by atoms with van der Waals surface area (Å²) in [6.45, 7) is 6.77. The Kier molecular flexibility index (Phi) is 3.32. The normalized spacial score (nSPS) is 11.2. The molecule has 0 unspecified atom stereocenters. The molecule has 0 radical (unpaired) electrons. The van der Waals surface area contributed by atoms with Crippen molar-refractivity contribution in [1.82, 2.24) is 19.9 Å². The monoisotopic (exact) mass is 246 g/mol. The Morgan fingerprint density at radius 3 is 2.78 bits per heavy atom. The molecule has 0 bridgehead atoms. The van der Waals surface area contributed by atoms with Crippen molar-refractivity contribution < 1.29 is 4.79 Å². The van der Waals surface area contributed by atoms with Gasteiger partial charge in [0.2, 0.25) is 0 Å². The maximum Gasteiger partial charge on any atom is 0.253 e. The standard InChI is InChI=1S/C13H18N4O/c1-5-17-12-7-6-10(8-11(12)14-15-17)13(18)16(4)9(2)3/h6-9H,5H2,1-4H3. The number of benzene rings is 1. The molecule has 2 aromatic rings. The zero-order valence-electron chi connectivity index (χ0n) is 11.2. The lowest BCUT2D eigenvalue weighted by atomic mass is 10.1. The van der Waals surface area contributed by atoms with Gasteiger partial charge in [0.25, 0.3) is 5.91 Å². The zero-order valence-corrected chi connectivity index (χ0v) is 11.2. The van der Waals surface area contributed by atoms with Crippen LogP contribution in [-0.2, 0) is 6.54 Å². The summed E-state index contributed by atoms with van der Waals surface area (Å²) in [5.74, 6) is 0.0120. The smallest absolute Gasteiger partial charge is 0.253 e. The van der Waals surface area contributed by atoms with E-state index >= 15 is 0 Å². The van der Waals surface area contributed by atoms with Crippen LogP contribution in [-0.4, -0.2) is 38.9 Å². The first-order valence-electron chi connectivity index (χ1n) is 6.15. The lowest BCUT2D eigenvalue weighted by Gasteiger charge is -2.21. The molecule has 0 spiro atoms. The predicted octanol–water partition coefficient (Wildman–Crippen LogP) is 1.93. The quantitative estimate of drug-likeness (QED) is 0.831. The molecule has 5 heteroatoms. The number of rotatable bonds is 3. The summed E-state index contributed by atoms with van der Waals surface area (Å²) in [7, 11) is 1.81. The van der Waals surface area contributed by atoms with Crippen LogP contribution in [0.5, 0.6) is 0 Å². The number of aromatic nitrogens is 3. The molecule has 2 rings (SSSR count). The molecule has 1 amide bonds. The van der Waals surface area contributed by atoms with Crippen LogP contribution in [0.4, 0.5) is 0 Å². The molecule has 0 fully saturated rings. The van der Waals surface area contributed by atoms with Gasteiger partial charge in [-0.1, -0.05) is 5.21 Å². The molecule has 0 N–H and O–H groups in total. The Bertz CT molecular complexity index is 573. The van der Waals surface area contributed by atoms with Crippen molar-refractivity contribution in [3.63, 3.8) is 0 Å². The number of fused-ring (bicyclic) bond motifs is 1. The SMILES string of the molecule is CCn1nnc2cc(C(=O)N(C)C(C)C)ccc21. The van der Waals surface area contributed by atoms with Gasteiger partial charge in [0.15, 0.2) is 0 Å². The minimum atomic E-state index is 0.0120. The van der Waals surface area contributed by atoms with Gasteiger partial charge in [-0.25, -0.2) is 4.68 Å². The van der Waals surface area contributed by atoms with Crippen LogP contribution >= 0.6 is 0 Å². The maximum absolute atomic E-state index is 12.2. The highest BCUT2D eigenvalue weighted by Gasteiger charge is 2.15. The second kappa shape index (κ2) is 4.76. The van der Waals surface area contributed by atoms with E-state index in [0.29, 0.717) is 5.56 Å². The average molecular weight is 246 g/mol. The Morgan fingerprint density at radius 2 is 2.17 bits per heavy atom. The lowest BCUT2D eigenvalue weighted by Crippen LogP contribution is -2.32. The Morgan fingerprint density at radius 1 is 1.44 bits per heavy atom. The van der Waals surface area contributed by atoms with E-state index in [-0.39, 0.29) is 11.9 Å². The van der Waals surface area contributed by atoms with E-state index in [1.807, 2.05) is 37.6 Å². The van der Waals surface area contributed by atoms with Crippen molar-refractivity contribution in [2.75, 3.05) is 7.05 Å². The van der Waals surface area contributed by atoms with E-state index in [1.165, 1.54) is 0 Å². The molecular weight excluding hydrogens is 228 g/mol. The summed E-state index contributed by atoms with van der Waals surface area (Å²) in [6.07, 6.45) is 0. The predicted molar refractivity (Wildman–Crippen MR) is 70.4 cm³/mol. The minimum Gasteiger partial charge on any atom is -0.339 e. The molecule has 1 aromatic heterocycles. The second-order valence-electron chi connectivity index (χ2n) is 4.62. The number of amides is 1. The molecular formula is C13H18N4O. The fourth-order valence-electron chi connectivity index (χ4n) is 1.78. The molecule has 1 aromatic carbocycles. The van der Waals surface area contributed by atoms with E-state index in [2.05, 4.69) is 10.3 Å². The first kappa shape index (κ1) is 12.5. The van der Waals surface area contributed by atoms with Crippen molar-refractivity contribution >= 4 is 16.9 Å². The van der Waals surface area contributed by atoms with Crippen LogP contribution in [0.2, 0.25) is 0 Å². The molecule has 0 saturated heterocycles. The van der Waals surface area contributed by atoms with Gasteiger partial charge in [-0.2, -0.15) is 0 Å². The van der Waals surface area contributed by atoms with Crippen LogP contribution in [0.25, 0.3) is 11.0 Å². The molecule has 0 aliphatic rings. The Labute approximate surface area is 106 Å². The third-order valence-electron chi connectivity index (χ3n) is 3.16. The minimum absolute atomic E-state index is 0.0120. The number of carbonyl (C=O) groups is 1. The van der Waals surface area contributed by atoms with E-state index < -0.39 is 0 Å². The summed E-state index contributed by atoms with van der Waals surface area (Å²) < 4.78 is 1.82. The highest BCUT2D eigenvalue weighted by atomic mass is 16.2. The van der Waals surface area contributed by atoms with Gasteiger partial charge >= 0.3 is 0 Å². The van der Waals surface area contributed by atoms with Crippen LogP contribution in [0.3, 0.4) is 0 Å². The molecule has 0 aliphatic carbocycles. The fraction of sp³-hybridized carbons (Fsp3) is 0.462. The van der Waals surface area contributed by atoms with Gasteiger partial charge in [0.1, 0.15) is 5.52 Å². The van der Waals surface area contributed by atoms with E-state index in [4.69, 9.17) is 0 Å². The van der Waals surface area contributed by atoms with Gasteiger partial charge in [-0.3, -0.25) is 4.79 Å². The molecule has 1 heterocycles. The van der Waals surface area contributed by atoms with Crippen molar-refractivity contribution in [2.24, 2.45) is 0 Å². The van der Waals surface area contributed by atoms with Crippen LogP contribution < -0.4 is 0 Å². The summed E-state index contributed by atoms with van der Waals surface area (Å²) in [4.78, 5) is 13.9. The number of aryl methyl sites for hydroxylation is 1. The van der Waals surface area contributed by atoms with Gasteiger partial charge in [0, 0.05) is 25.2 Å². The molecule has 5 nitrogen and oxygen atoms in total. The number of hydrogen-bond acceptors (Lipinski definition) is 3. The highest BCUT2D eigenvalue weighted by Crippen LogP contribution is 2.15. The highest BCUT2D eigenvalue weighted by molar-refractivity contribution is 5.97. The van der Waals surface area contributed by atoms with Crippen molar-refractivity contribution in [3.05, 3.63) is 23.8 Å². The van der Waals surface area contributed by atoms with Crippen LogP contribution in [0.1, 0.15) is 31.1 Å². The summed E-state index contributed by atoms with van der Waals surface area (Å²) in [5, 5.41) is 8.11. The van der Waals surface area contributed by atoms with E-state index in [9.17, 15) is 4.79 Å². The van der Waals surface area contributed by atoms with Crippen molar-refractivity contribution in [3.8, 4) is 0 Å². The first-order valence-corrected chi connectivity index (χ1v) is 6.15.